The lowest BCUT2D eigenvalue weighted by atomic mass is 10.1. The number of fused-ring (bicyclic) bond motifs is 3. The van der Waals surface area contributed by atoms with Gasteiger partial charge in [-0.2, -0.15) is 5.26 Å². The van der Waals surface area contributed by atoms with Crippen molar-refractivity contribution in [2.24, 2.45) is 0 Å². The molecule has 0 spiro atoms. The number of hydrogen-bond donors (Lipinski definition) is 1. The first-order chi connectivity index (χ1) is 12.0. The van der Waals surface area contributed by atoms with E-state index >= 15 is 0 Å². The number of nitrogens with one attached hydrogen (secondary N) is 1. The van der Waals surface area contributed by atoms with E-state index in [1.165, 1.54) is 10.9 Å². The third kappa shape index (κ3) is 3.14. The summed E-state index contributed by atoms with van der Waals surface area (Å²) >= 11 is 0. The molecular weight excluding hydrogens is 310 g/mol. The van der Waals surface area contributed by atoms with Gasteiger partial charge in [0.2, 0.25) is 0 Å². The van der Waals surface area contributed by atoms with Crippen molar-refractivity contribution in [2.75, 3.05) is 0 Å². The van der Waals surface area contributed by atoms with Gasteiger partial charge < -0.3 is 9.88 Å². The van der Waals surface area contributed by atoms with Gasteiger partial charge in [0.15, 0.2) is 0 Å². The highest BCUT2D eigenvalue weighted by Gasteiger charge is 2.12. The van der Waals surface area contributed by atoms with Crippen LogP contribution in [0.25, 0.3) is 27.9 Å². The molecule has 4 nitrogen and oxygen atoms in total. The van der Waals surface area contributed by atoms with E-state index in [1.807, 2.05) is 44.2 Å². The molecule has 1 amide bonds. The molecule has 0 aliphatic carbocycles. The molecule has 2 aromatic carbocycles. The Bertz CT molecular complexity index is 1020. The van der Waals surface area contributed by atoms with Crippen molar-refractivity contribution in [3.8, 4) is 6.07 Å². The minimum atomic E-state index is -0.339. The van der Waals surface area contributed by atoms with Gasteiger partial charge in [0.25, 0.3) is 5.91 Å². The number of rotatable bonds is 4. The lowest BCUT2D eigenvalue weighted by Crippen LogP contribution is -2.30. The Morgan fingerprint density at radius 2 is 1.92 bits per heavy atom. The molecule has 1 heterocycles. The van der Waals surface area contributed by atoms with Crippen LogP contribution in [-0.4, -0.2) is 16.5 Å². The van der Waals surface area contributed by atoms with Gasteiger partial charge in [-0.05, 0) is 50.6 Å². The number of hydrogen-bond acceptors (Lipinski definition) is 2. The van der Waals surface area contributed by atoms with E-state index in [1.54, 1.807) is 6.08 Å². The first-order valence-electron chi connectivity index (χ1n) is 8.48. The fourth-order valence-corrected chi connectivity index (χ4v) is 3.16. The number of amides is 1. The SMILES string of the molecule is CCn1c2ccccc2c2cc(/C=C(/C#N)C(=O)NC(C)C)ccc21. The third-order valence-corrected chi connectivity index (χ3v) is 4.21. The largest absolute Gasteiger partial charge is 0.349 e. The fourth-order valence-electron chi connectivity index (χ4n) is 3.16. The molecule has 25 heavy (non-hydrogen) atoms. The van der Waals surface area contributed by atoms with Crippen LogP contribution in [0.2, 0.25) is 0 Å². The molecule has 4 heteroatoms. The standard InChI is InChI=1S/C21H21N3O/c1-4-24-19-8-6-5-7-17(19)18-12-15(9-10-20(18)24)11-16(13-22)21(25)23-14(2)3/h5-12,14H,4H2,1-3H3,(H,23,25)/b16-11-. The Morgan fingerprint density at radius 1 is 1.20 bits per heavy atom. The van der Waals surface area contributed by atoms with Crippen LogP contribution in [0.5, 0.6) is 0 Å². The smallest absolute Gasteiger partial charge is 0.262 e. The zero-order valence-corrected chi connectivity index (χ0v) is 14.7. The van der Waals surface area contributed by atoms with Crippen molar-refractivity contribution in [3.05, 3.63) is 53.6 Å². The maximum absolute atomic E-state index is 12.1. The third-order valence-electron chi connectivity index (χ3n) is 4.21. The second kappa shape index (κ2) is 6.82. The molecule has 0 unspecified atom stereocenters. The molecule has 3 aromatic rings. The summed E-state index contributed by atoms with van der Waals surface area (Å²) in [6.45, 7) is 6.76. The van der Waals surface area contributed by atoms with E-state index < -0.39 is 0 Å². The molecule has 1 aromatic heterocycles. The minimum Gasteiger partial charge on any atom is -0.349 e. The molecule has 126 valence electrons. The predicted octanol–water partition coefficient (Wildman–Crippen LogP) is 4.25. The van der Waals surface area contributed by atoms with Crippen LogP contribution in [0.1, 0.15) is 26.3 Å². The lowest BCUT2D eigenvalue weighted by molar-refractivity contribution is -0.117. The van der Waals surface area contributed by atoms with Gasteiger partial charge in [-0.25, -0.2) is 0 Å². The van der Waals surface area contributed by atoms with Crippen LogP contribution in [0.3, 0.4) is 0 Å². The first-order valence-corrected chi connectivity index (χ1v) is 8.48. The number of nitrogens with zero attached hydrogens (tertiary/aromatic N) is 2. The second-order valence-electron chi connectivity index (χ2n) is 6.34. The van der Waals surface area contributed by atoms with E-state index in [-0.39, 0.29) is 17.5 Å². The highest BCUT2D eigenvalue weighted by Crippen LogP contribution is 2.30. The van der Waals surface area contributed by atoms with Gasteiger partial charge in [0.1, 0.15) is 11.6 Å². The highest BCUT2D eigenvalue weighted by atomic mass is 16.1. The Hall–Kier alpha value is -3.06. The van der Waals surface area contributed by atoms with Gasteiger partial charge >= 0.3 is 0 Å². The molecule has 0 aliphatic rings. The molecule has 0 bridgehead atoms. The van der Waals surface area contributed by atoms with Crippen LogP contribution in [0.15, 0.2) is 48.0 Å². The highest BCUT2D eigenvalue weighted by molar-refractivity contribution is 6.09. The summed E-state index contributed by atoms with van der Waals surface area (Å²) in [4.78, 5) is 12.1. The van der Waals surface area contributed by atoms with E-state index in [9.17, 15) is 10.1 Å². The van der Waals surface area contributed by atoms with E-state index in [0.29, 0.717) is 0 Å². The van der Waals surface area contributed by atoms with Crippen LogP contribution in [0.4, 0.5) is 0 Å². The Morgan fingerprint density at radius 3 is 2.60 bits per heavy atom. The van der Waals surface area contributed by atoms with E-state index in [4.69, 9.17) is 0 Å². The molecule has 0 fully saturated rings. The van der Waals surface area contributed by atoms with Gasteiger partial charge in [0, 0.05) is 34.4 Å². The van der Waals surface area contributed by atoms with Crippen molar-refractivity contribution in [1.29, 1.82) is 5.26 Å². The second-order valence-corrected chi connectivity index (χ2v) is 6.34. The number of aromatic nitrogens is 1. The number of nitriles is 1. The summed E-state index contributed by atoms with van der Waals surface area (Å²) < 4.78 is 2.27. The summed E-state index contributed by atoms with van der Waals surface area (Å²) in [5.74, 6) is -0.339. The molecule has 0 saturated heterocycles. The Labute approximate surface area is 147 Å². The monoisotopic (exact) mass is 331 g/mol. The van der Waals surface area contributed by atoms with Crippen molar-refractivity contribution in [3.63, 3.8) is 0 Å². The summed E-state index contributed by atoms with van der Waals surface area (Å²) in [6, 6.07) is 16.3. The van der Waals surface area contributed by atoms with Crippen LogP contribution in [0, 0.1) is 11.3 Å². The normalized spacial score (nSPS) is 11.9. The maximum Gasteiger partial charge on any atom is 0.262 e. The topological polar surface area (TPSA) is 57.8 Å². The fraction of sp³-hybridized carbons (Fsp3) is 0.238. The molecule has 1 N–H and O–H groups in total. The number of para-hydroxylation sites is 1. The molecular formula is C21H21N3O. The number of carbonyl (C=O) groups excluding carboxylic acids is 1. The zero-order valence-electron chi connectivity index (χ0n) is 14.7. The number of aryl methyl sites for hydroxylation is 1. The van der Waals surface area contributed by atoms with Crippen molar-refractivity contribution < 1.29 is 4.79 Å². The van der Waals surface area contributed by atoms with Crippen molar-refractivity contribution in [1.82, 2.24) is 9.88 Å². The van der Waals surface area contributed by atoms with Crippen molar-refractivity contribution in [2.45, 2.75) is 33.4 Å². The number of benzene rings is 2. The maximum atomic E-state index is 12.1. The van der Waals surface area contributed by atoms with Crippen molar-refractivity contribution >= 4 is 33.8 Å². The zero-order chi connectivity index (χ0) is 18.0. The first kappa shape index (κ1) is 16.8. The minimum absolute atomic E-state index is 0.00531. The van der Waals surface area contributed by atoms with Gasteiger partial charge in [0.05, 0.1) is 0 Å². The summed E-state index contributed by atoms with van der Waals surface area (Å²) in [6.07, 6.45) is 1.65. The molecule has 0 atom stereocenters. The van der Waals surface area contributed by atoms with Gasteiger partial charge in [-0.1, -0.05) is 24.3 Å². The summed E-state index contributed by atoms with van der Waals surface area (Å²) in [7, 11) is 0. The Balaban J connectivity index is 2.13. The van der Waals surface area contributed by atoms with E-state index in [2.05, 4.69) is 35.0 Å². The quantitative estimate of drug-likeness (QED) is 0.574. The summed E-state index contributed by atoms with van der Waals surface area (Å²) in [5, 5.41) is 14.4. The van der Waals surface area contributed by atoms with Gasteiger partial charge in [-0.15, -0.1) is 0 Å². The molecule has 0 radical (unpaired) electrons. The van der Waals surface area contributed by atoms with Crippen LogP contribution < -0.4 is 5.32 Å². The Kier molecular flexibility index (Phi) is 4.58. The van der Waals surface area contributed by atoms with Crippen LogP contribution >= 0.6 is 0 Å². The van der Waals surface area contributed by atoms with Crippen LogP contribution in [-0.2, 0) is 11.3 Å². The molecule has 0 aliphatic heterocycles. The number of carbonyl (C=O) groups is 1. The molecule has 0 saturated carbocycles. The van der Waals surface area contributed by atoms with E-state index in [0.717, 1.165) is 23.0 Å². The average Bonchev–Trinajstić information content (AvgIpc) is 2.92. The average molecular weight is 331 g/mol. The predicted molar refractivity (Wildman–Crippen MR) is 102 cm³/mol. The molecule has 3 rings (SSSR count). The lowest BCUT2D eigenvalue weighted by Gasteiger charge is -2.07. The summed E-state index contributed by atoms with van der Waals surface area (Å²) in [5.41, 5.74) is 3.32. The van der Waals surface area contributed by atoms with Gasteiger partial charge in [-0.3, -0.25) is 4.79 Å².